The lowest BCUT2D eigenvalue weighted by molar-refractivity contribution is 0.670. The van der Waals surface area contributed by atoms with Crippen LogP contribution in [0.4, 0.5) is 0 Å². The predicted octanol–water partition coefficient (Wildman–Crippen LogP) is 28.8. The van der Waals surface area contributed by atoms with Crippen molar-refractivity contribution >= 4 is 172 Å². The summed E-state index contributed by atoms with van der Waals surface area (Å²) in [6.45, 7) is 0. The minimum atomic E-state index is 0.890. The monoisotopic (exact) mass is 1300 g/mol. The highest BCUT2D eigenvalue weighted by molar-refractivity contribution is 7.26. The average molecular weight is 1300 g/mol. The van der Waals surface area contributed by atoms with Crippen molar-refractivity contribution in [2.45, 2.75) is 0 Å². The van der Waals surface area contributed by atoms with E-state index in [0.29, 0.717) is 0 Å². The fraction of sp³-hybridized carbons (Fsp3) is 0. The van der Waals surface area contributed by atoms with E-state index in [9.17, 15) is 0 Å². The summed E-state index contributed by atoms with van der Waals surface area (Å²) in [6.07, 6.45) is 0. The highest BCUT2D eigenvalue weighted by atomic mass is 32.1. The molecule has 0 aliphatic heterocycles. The van der Waals surface area contributed by atoms with Crippen molar-refractivity contribution in [3.63, 3.8) is 0 Å². The molecule has 0 amide bonds. The Balaban J connectivity index is 0.661. The van der Waals surface area contributed by atoms with Crippen LogP contribution in [0.15, 0.2) is 336 Å². The van der Waals surface area contributed by atoms with Gasteiger partial charge in [-0.2, -0.15) is 0 Å². The number of hydrogen-bond donors (Lipinski definition) is 0. The van der Waals surface area contributed by atoms with E-state index < -0.39 is 0 Å². The summed E-state index contributed by atoms with van der Waals surface area (Å²) in [5.74, 6) is 0. The third-order valence-corrected chi connectivity index (χ3v) is 23.8. The van der Waals surface area contributed by atoms with Crippen LogP contribution in [-0.4, -0.2) is 0 Å². The van der Waals surface area contributed by atoms with E-state index in [-0.39, 0.29) is 0 Å². The van der Waals surface area contributed by atoms with Gasteiger partial charge in [-0.05, 0) is 157 Å². The van der Waals surface area contributed by atoms with Crippen LogP contribution in [-0.2, 0) is 0 Å². The van der Waals surface area contributed by atoms with Crippen LogP contribution in [0.1, 0.15) is 0 Å². The smallest absolute Gasteiger partial charge is 0.144 e. The Kier molecular flexibility index (Phi) is 12.0. The number of thiophene rings is 2. The van der Waals surface area contributed by atoms with Crippen molar-refractivity contribution < 1.29 is 8.83 Å². The fourth-order valence-corrected chi connectivity index (χ4v) is 19.3. The van der Waals surface area contributed by atoms with E-state index in [1.165, 1.54) is 166 Å². The second-order valence-electron chi connectivity index (χ2n) is 26.7. The topological polar surface area (TPSA) is 26.3 Å². The molecule has 4 aromatic heterocycles. The van der Waals surface area contributed by atoms with E-state index in [1.807, 2.05) is 22.7 Å². The second-order valence-corrected chi connectivity index (χ2v) is 28.9. The fourth-order valence-electron chi connectivity index (χ4n) is 17.0. The van der Waals surface area contributed by atoms with E-state index >= 15 is 0 Å². The van der Waals surface area contributed by atoms with Crippen molar-refractivity contribution in [2.75, 3.05) is 0 Å². The Morgan fingerprint density at radius 1 is 0.190 bits per heavy atom. The lowest BCUT2D eigenvalue weighted by Crippen LogP contribution is -1.91. The molecule has 0 unspecified atom stereocenters. The zero-order valence-corrected chi connectivity index (χ0v) is 55.4. The molecule has 100 heavy (non-hydrogen) atoms. The summed E-state index contributed by atoms with van der Waals surface area (Å²) < 4.78 is 19.6. The maximum Gasteiger partial charge on any atom is 0.144 e. The van der Waals surface area contributed by atoms with Gasteiger partial charge in [0.15, 0.2) is 0 Å². The molecule has 0 bridgehead atoms. The number of hydrogen-bond acceptors (Lipinski definition) is 4. The van der Waals surface area contributed by atoms with Gasteiger partial charge >= 0.3 is 0 Å². The molecule has 0 saturated heterocycles. The third kappa shape index (κ3) is 8.18. The molecule has 462 valence electrons. The Morgan fingerprint density at radius 3 is 1.24 bits per heavy atom. The lowest BCUT2D eigenvalue weighted by Gasteiger charge is -2.18. The maximum atomic E-state index is 7.36. The standard InChI is InChI=1S/C96H54O2S2/c1-2-18-55(19-3-1)56-38-42-62(43-39-56)85-68-25-8-12-29-72(68)87(73-30-13-9-26-69(73)85)80-54-84-90(91-89-65-22-6-4-20-60(65)47-50-81(89)97-95(80)91)79-52-64(48-51-83(79)99-84)59-36-34-57(35-37-59)58-40-44-63(45-41-58)86-70-27-10-14-31-74(70)88(75-32-15-11-28-71(75)86)92-94-77(53-78-67-24-16-17-33-82(67)100-96(78)92)76-49-46-61-21-5-7-23-66(61)93(76)98-94/h1-54H. The zero-order chi connectivity index (χ0) is 65.3. The van der Waals surface area contributed by atoms with Gasteiger partial charge in [-0.1, -0.05) is 285 Å². The molecule has 0 spiro atoms. The molecule has 0 aliphatic carbocycles. The van der Waals surface area contributed by atoms with Crippen LogP contribution >= 0.6 is 22.7 Å². The molecule has 2 nitrogen and oxygen atoms in total. The summed E-state index contributed by atoms with van der Waals surface area (Å²) in [6, 6.07) is 121. The molecular formula is C96H54O2S2. The van der Waals surface area contributed by atoms with Crippen molar-refractivity contribution in [2.24, 2.45) is 0 Å². The quantitative estimate of drug-likeness (QED) is 0.149. The maximum absolute atomic E-state index is 7.36. The first-order valence-corrected chi connectivity index (χ1v) is 35.9. The summed E-state index contributed by atoms with van der Waals surface area (Å²) in [7, 11) is 0. The average Bonchev–Trinajstić information content (AvgIpc) is 1.45. The SMILES string of the molecule is c1ccc(-c2ccc(-c3c4ccccc4c(-c4cc5sc6ccc(-c7ccc(-c8ccc(-c9c%10ccccc%10c(-c%10c%11oc%12c%13ccccc%13ccc%12c%11cc%11c%10sc%10ccccc%10%11)c%10ccccc9%10)cc8)cc7)cc6c5c5c4oc4ccc6ccccc6c45)c4ccccc34)cc2)cc1. The van der Waals surface area contributed by atoms with Gasteiger partial charge in [0.2, 0.25) is 0 Å². The molecule has 0 atom stereocenters. The van der Waals surface area contributed by atoms with Gasteiger partial charge in [-0.3, -0.25) is 0 Å². The molecule has 4 heterocycles. The Bertz CT molecular complexity index is 7110. The van der Waals surface area contributed by atoms with Gasteiger partial charge < -0.3 is 8.83 Å². The highest BCUT2D eigenvalue weighted by Crippen LogP contribution is 2.55. The lowest BCUT2D eigenvalue weighted by atomic mass is 9.85. The van der Waals surface area contributed by atoms with Crippen molar-refractivity contribution in [3.05, 3.63) is 328 Å². The first-order valence-electron chi connectivity index (χ1n) is 34.3. The normalized spacial score (nSPS) is 12.2. The van der Waals surface area contributed by atoms with Crippen LogP contribution < -0.4 is 0 Å². The molecule has 0 aliphatic rings. The molecule has 22 aromatic rings. The summed E-state index contributed by atoms with van der Waals surface area (Å²) in [5, 5.41) is 23.9. The summed E-state index contributed by atoms with van der Waals surface area (Å²) in [4.78, 5) is 0. The van der Waals surface area contributed by atoms with Crippen molar-refractivity contribution in [3.8, 4) is 77.9 Å². The minimum absolute atomic E-state index is 0.890. The van der Waals surface area contributed by atoms with Crippen LogP contribution in [0.5, 0.6) is 0 Å². The van der Waals surface area contributed by atoms with Crippen LogP contribution in [0.2, 0.25) is 0 Å². The molecule has 4 heteroatoms. The third-order valence-electron chi connectivity index (χ3n) is 21.4. The number of rotatable bonds is 7. The van der Waals surface area contributed by atoms with Crippen LogP contribution in [0.3, 0.4) is 0 Å². The van der Waals surface area contributed by atoms with E-state index in [4.69, 9.17) is 8.83 Å². The molecule has 22 rings (SSSR count). The van der Waals surface area contributed by atoms with Gasteiger partial charge in [0, 0.05) is 89.5 Å². The van der Waals surface area contributed by atoms with Crippen LogP contribution in [0, 0.1) is 0 Å². The molecule has 0 saturated carbocycles. The van der Waals surface area contributed by atoms with Gasteiger partial charge in [0.1, 0.15) is 22.3 Å². The second kappa shape index (κ2) is 21.5. The molecule has 0 radical (unpaired) electrons. The number of benzene rings is 18. The minimum Gasteiger partial charge on any atom is -0.455 e. The Labute approximate surface area is 581 Å². The molecule has 0 N–H and O–H groups in total. The Hall–Kier alpha value is -12.4. The first-order chi connectivity index (χ1) is 49.6. The summed E-state index contributed by atoms with van der Waals surface area (Å²) >= 11 is 3.74. The van der Waals surface area contributed by atoms with Gasteiger partial charge in [-0.15, -0.1) is 22.7 Å². The molecule has 18 aromatic carbocycles. The zero-order valence-electron chi connectivity index (χ0n) is 53.8. The highest BCUT2D eigenvalue weighted by Gasteiger charge is 2.28. The predicted molar refractivity (Wildman–Crippen MR) is 430 cm³/mol. The van der Waals surface area contributed by atoms with Gasteiger partial charge in [0.05, 0.1) is 0 Å². The largest absolute Gasteiger partial charge is 0.455 e. The van der Waals surface area contributed by atoms with Crippen molar-refractivity contribution in [1.29, 1.82) is 0 Å². The van der Waals surface area contributed by atoms with Gasteiger partial charge in [0.25, 0.3) is 0 Å². The summed E-state index contributed by atoms with van der Waals surface area (Å²) in [5.41, 5.74) is 20.2. The number of furan rings is 2. The van der Waals surface area contributed by atoms with Gasteiger partial charge in [-0.25, -0.2) is 0 Å². The molecular weight excluding hydrogens is 1250 g/mol. The van der Waals surface area contributed by atoms with Crippen LogP contribution in [0.25, 0.3) is 227 Å². The Morgan fingerprint density at radius 2 is 0.640 bits per heavy atom. The van der Waals surface area contributed by atoms with E-state index in [2.05, 4.69) is 328 Å². The number of fused-ring (bicyclic) bond motifs is 21. The molecule has 0 fully saturated rings. The van der Waals surface area contributed by atoms with Crippen molar-refractivity contribution in [1.82, 2.24) is 0 Å². The van der Waals surface area contributed by atoms with E-state index in [0.717, 1.165) is 60.4 Å². The first kappa shape index (κ1) is 55.7. The van der Waals surface area contributed by atoms with E-state index in [1.54, 1.807) is 0 Å².